The number of halogens is 1. The summed E-state index contributed by atoms with van der Waals surface area (Å²) in [6.07, 6.45) is 1.13. The first kappa shape index (κ1) is 21.2. The molecule has 4 nitrogen and oxygen atoms in total. The molecule has 0 radical (unpaired) electrons. The van der Waals surface area contributed by atoms with E-state index < -0.39 is 11.2 Å². The highest BCUT2D eigenvalue weighted by atomic mass is 32.1. The van der Waals surface area contributed by atoms with Gasteiger partial charge < -0.3 is 10.2 Å². The number of rotatable bonds is 6. The summed E-state index contributed by atoms with van der Waals surface area (Å²) in [5.74, 6) is -0.712. The fraction of sp³-hybridized carbons (Fsp3) is 0.280. The number of hydrogen-bond acceptors (Lipinski definition) is 3. The molecule has 2 amide bonds. The highest BCUT2D eigenvalue weighted by molar-refractivity contribution is 7.08. The molecule has 0 bridgehead atoms. The van der Waals surface area contributed by atoms with Gasteiger partial charge in [0.25, 0.3) is 5.91 Å². The molecular formula is C25H25FN2O2S. The molecular weight excluding hydrogens is 411 g/mol. The summed E-state index contributed by atoms with van der Waals surface area (Å²) < 4.78 is 13.6. The van der Waals surface area contributed by atoms with Gasteiger partial charge in [-0.05, 0) is 71.5 Å². The molecule has 1 fully saturated rings. The van der Waals surface area contributed by atoms with Crippen LogP contribution in [0.15, 0.2) is 65.4 Å². The molecule has 1 aliphatic heterocycles. The lowest BCUT2D eigenvalue weighted by atomic mass is 9.79. The van der Waals surface area contributed by atoms with Gasteiger partial charge in [0, 0.05) is 25.2 Å². The maximum atomic E-state index is 13.6. The van der Waals surface area contributed by atoms with Crippen molar-refractivity contribution < 1.29 is 14.0 Å². The molecule has 1 saturated heterocycles. The van der Waals surface area contributed by atoms with Crippen molar-refractivity contribution in [1.29, 1.82) is 0 Å². The van der Waals surface area contributed by atoms with E-state index in [1.54, 1.807) is 22.3 Å². The number of benzene rings is 2. The van der Waals surface area contributed by atoms with Crippen LogP contribution in [0.5, 0.6) is 0 Å². The topological polar surface area (TPSA) is 49.4 Å². The van der Waals surface area contributed by atoms with Crippen LogP contribution in [0.3, 0.4) is 0 Å². The van der Waals surface area contributed by atoms with Gasteiger partial charge >= 0.3 is 0 Å². The lowest BCUT2D eigenvalue weighted by Gasteiger charge is -2.28. The fourth-order valence-corrected chi connectivity index (χ4v) is 4.91. The van der Waals surface area contributed by atoms with E-state index in [9.17, 15) is 14.0 Å². The van der Waals surface area contributed by atoms with Crippen molar-refractivity contribution in [3.8, 4) is 11.1 Å². The Morgan fingerprint density at radius 1 is 1.13 bits per heavy atom. The van der Waals surface area contributed by atoms with Crippen LogP contribution in [0.25, 0.3) is 11.1 Å². The van der Waals surface area contributed by atoms with E-state index in [-0.39, 0.29) is 11.8 Å². The fourth-order valence-electron chi connectivity index (χ4n) is 4.24. The van der Waals surface area contributed by atoms with E-state index in [1.807, 2.05) is 6.92 Å². The molecule has 160 valence electrons. The van der Waals surface area contributed by atoms with Crippen molar-refractivity contribution >= 4 is 23.2 Å². The van der Waals surface area contributed by atoms with Gasteiger partial charge in [-0.2, -0.15) is 11.3 Å². The highest BCUT2D eigenvalue weighted by Crippen LogP contribution is 2.36. The summed E-state index contributed by atoms with van der Waals surface area (Å²) in [6, 6.07) is 16.1. The smallest absolute Gasteiger partial charge is 0.253 e. The molecule has 6 heteroatoms. The van der Waals surface area contributed by atoms with Crippen molar-refractivity contribution in [2.45, 2.75) is 19.8 Å². The molecule has 1 N–H and O–H groups in total. The number of nitrogens with zero attached hydrogens (tertiary/aromatic N) is 1. The van der Waals surface area contributed by atoms with Gasteiger partial charge in [0.1, 0.15) is 5.82 Å². The third kappa shape index (κ3) is 4.54. The number of likely N-dealkylation sites (tertiary alicyclic amines) is 1. The van der Waals surface area contributed by atoms with E-state index in [1.165, 1.54) is 23.8 Å². The third-order valence-corrected chi connectivity index (χ3v) is 6.57. The SMILES string of the molecule is CCNC(=O)[C@@]1(Cc2ccc(-c3ccsc3)cc2)CCN(C(=O)c2cccc(F)c2)C1. The molecule has 2 heterocycles. The molecule has 4 rings (SSSR count). The van der Waals surface area contributed by atoms with Gasteiger partial charge in [-0.15, -0.1) is 0 Å². The lowest BCUT2D eigenvalue weighted by molar-refractivity contribution is -0.130. The van der Waals surface area contributed by atoms with Crippen LogP contribution in [0, 0.1) is 11.2 Å². The Labute approximate surface area is 185 Å². The average Bonchev–Trinajstić information content (AvgIpc) is 3.45. The normalized spacial score (nSPS) is 18.2. The molecule has 1 aliphatic rings. The van der Waals surface area contributed by atoms with Crippen molar-refractivity contribution in [2.24, 2.45) is 5.41 Å². The van der Waals surface area contributed by atoms with Crippen molar-refractivity contribution in [1.82, 2.24) is 10.2 Å². The number of amides is 2. The zero-order chi connectivity index (χ0) is 21.8. The van der Waals surface area contributed by atoms with Gasteiger partial charge in [0.2, 0.25) is 5.91 Å². The van der Waals surface area contributed by atoms with Crippen LogP contribution in [-0.4, -0.2) is 36.3 Å². The quantitative estimate of drug-likeness (QED) is 0.605. The lowest BCUT2D eigenvalue weighted by Crippen LogP contribution is -2.45. The monoisotopic (exact) mass is 436 g/mol. The molecule has 31 heavy (non-hydrogen) atoms. The Kier molecular flexibility index (Phi) is 6.18. The summed E-state index contributed by atoms with van der Waals surface area (Å²) in [5.41, 5.74) is 3.01. The summed E-state index contributed by atoms with van der Waals surface area (Å²) in [4.78, 5) is 27.7. The summed E-state index contributed by atoms with van der Waals surface area (Å²) in [6.45, 7) is 3.22. The van der Waals surface area contributed by atoms with Crippen LogP contribution in [-0.2, 0) is 11.2 Å². The second kappa shape index (κ2) is 9.02. The molecule has 1 atom stereocenters. The molecule has 0 aliphatic carbocycles. The van der Waals surface area contributed by atoms with E-state index in [2.05, 4.69) is 46.4 Å². The third-order valence-electron chi connectivity index (χ3n) is 5.88. The van der Waals surface area contributed by atoms with E-state index in [0.29, 0.717) is 38.0 Å². The Morgan fingerprint density at radius 3 is 2.61 bits per heavy atom. The number of thiophene rings is 1. The van der Waals surface area contributed by atoms with Gasteiger partial charge in [-0.25, -0.2) is 4.39 Å². The first-order chi connectivity index (χ1) is 15.0. The van der Waals surface area contributed by atoms with Crippen LogP contribution in [0.4, 0.5) is 4.39 Å². The molecule has 0 spiro atoms. The maximum absolute atomic E-state index is 13.6. The first-order valence-electron chi connectivity index (χ1n) is 10.5. The number of hydrogen-bond donors (Lipinski definition) is 1. The van der Waals surface area contributed by atoms with Crippen LogP contribution >= 0.6 is 11.3 Å². The zero-order valence-corrected chi connectivity index (χ0v) is 18.3. The predicted octanol–water partition coefficient (Wildman–Crippen LogP) is 4.77. The molecule has 0 saturated carbocycles. The minimum absolute atomic E-state index is 0.0357. The second-order valence-electron chi connectivity index (χ2n) is 8.01. The zero-order valence-electron chi connectivity index (χ0n) is 17.4. The van der Waals surface area contributed by atoms with Gasteiger partial charge in [0.05, 0.1) is 5.41 Å². The molecule has 2 aromatic carbocycles. The highest BCUT2D eigenvalue weighted by Gasteiger charge is 2.45. The largest absolute Gasteiger partial charge is 0.356 e. The summed E-state index contributed by atoms with van der Waals surface area (Å²) in [7, 11) is 0. The average molecular weight is 437 g/mol. The second-order valence-corrected chi connectivity index (χ2v) is 8.79. The van der Waals surface area contributed by atoms with Crippen LogP contribution < -0.4 is 5.32 Å². The van der Waals surface area contributed by atoms with Gasteiger partial charge in [-0.1, -0.05) is 30.3 Å². The van der Waals surface area contributed by atoms with E-state index in [0.717, 1.165) is 11.1 Å². The first-order valence-corrected chi connectivity index (χ1v) is 11.4. The van der Waals surface area contributed by atoms with Crippen LogP contribution in [0.2, 0.25) is 0 Å². The van der Waals surface area contributed by atoms with E-state index in [4.69, 9.17) is 0 Å². The summed E-state index contributed by atoms with van der Waals surface area (Å²) >= 11 is 1.66. The van der Waals surface area contributed by atoms with Crippen LogP contribution in [0.1, 0.15) is 29.3 Å². The van der Waals surface area contributed by atoms with Gasteiger partial charge in [-0.3, -0.25) is 9.59 Å². The molecule has 1 aromatic heterocycles. The molecule has 0 unspecified atom stereocenters. The maximum Gasteiger partial charge on any atom is 0.253 e. The number of carbonyl (C=O) groups excluding carboxylic acids is 2. The number of nitrogens with one attached hydrogen (secondary N) is 1. The minimum atomic E-state index is -0.692. The Morgan fingerprint density at radius 2 is 1.94 bits per heavy atom. The Hall–Kier alpha value is -2.99. The van der Waals surface area contributed by atoms with E-state index >= 15 is 0 Å². The van der Waals surface area contributed by atoms with Crippen molar-refractivity contribution in [3.63, 3.8) is 0 Å². The standard InChI is InChI=1S/C25H25FN2O2S/c1-2-27-24(30)25(15-18-6-8-19(9-7-18)21-10-13-31-16-21)11-12-28(17-25)23(29)20-4-3-5-22(26)14-20/h3-10,13-14,16H,2,11-12,15,17H2,1H3,(H,27,30)/t25-/m1/s1. The van der Waals surface area contributed by atoms with Gasteiger partial charge in [0.15, 0.2) is 0 Å². The number of carbonyl (C=O) groups is 2. The predicted molar refractivity (Wildman–Crippen MR) is 121 cm³/mol. The Bertz CT molecular complexity index is 1070. The van der Waals surface area contributed by atoms with Crippen molar-refractivity contribution in [2.75, 3.05) is 19.6 Å². The molecule has 3 aromatic rings. The Balaban J connectivity index is 1.55. The minimum Gasteiger partial charge on any atom is -0.356 e. The van der Waals surface area contributed by atoms with Crippen molar-refractivity contribution in [3.05, 3.63) is 82.3 Å². The summed E-state index contributed by atoms with van der Waals surface area (Å²) in [5, 5.41) is 7.12.